The number of hydrogen-bond acceptors (Lipinski definition) is 8. The van der Waals surface area contributed by atoms with Gasteiger partial charge < -0.3 is 20.5 Å². The van der Waals surface area contributed by atoms with Crippen molar-refractivity contribution in [1.82, 2.24) is 5.32 Å². The van der Waals surface area contributed by atoms with Gasteiger partial charge in [0.25, 0.3) is 5.69 Å². The number of nitrogens with one attached hydrogen (secondary N) is 1. The third-order valence-electron chi connectivity index (χ3n) is 4.00. The Morgan fingerprint density at radius 2 is 1.78 bits per heavy atom. The fourth-order valence-electron chi connectivity index (χ4n) is 2.92. The molecule has 0 unspecified atom stereocenters. The van der Waals surface area contributed by atoms with Gasteiger partial charge in [-0.15, -0.1) is 0 Å². The van der Waals surface area contributed by atoms with Crippen molar-refractivity contribution in [2.45, 2.75) is 26.7 Å². The van der Waals surface area contributed by atoms with E-state index < -0.39 is 22.8 Å². The van der Waals surface area contributed by atoms with Gasteiger partial charge in [-0.05, 0) is 26.3 Å². The van der Waals surface area contributed by atoms with Crippen LogP contribution in [0.5, 0.6) is 0 Å². The highest BCUT2D eigenvalue weighted by Gasteiger charge is 2.38. The summed E-state index contributed by atoms with van der Waals surface area (Å²) in [6.45, 7) is 5.15. The molecule has 1 aromatic carbocycles. The highest BCUT2D eigenvalue weighted by Crippen LogP contribution is 2.39. The lowest BCUT2D eigenvalue weighted by Gasteiger charge is -2.29. The average Bonchev–Trinajstić information content (AvgIpc) is 2.61. The molecule has 27 heavy (non-hydrogen) atoms. The maximum absolute atomic E-state index is 12.6. The summed E-state index contributed by atoms with van der Waals surface area (Å²) in [6.07, 6.45) is 0. The van der Waals surface area contributed by atoms with Gasteiger partial charge in [0.15, 0.2) is 0 Å². The van der Waals surface area contributed by atoms with Gasteiger partial charge in [-0.25, -0.2) is 9.59 Å². The van der Waals surface area contributed by atoms with E-state index in [1.54, 1.807) is 26.8 Å². The summed E-state index contributed by atoms with van der Waals surface area (Å²) in [7, 11) is 0. The lowest BCUT2D eigenvalue weighted by molar-refractivity contribution is -0.384. The van der Waals surface area contributed by atoms with Gasteiger partial charge in [0.1, 0.15) is 5.82 Å². The summed E-state index contributed by atoms with van der Waals surface area (Å²) < 4.78 is 10.2. The predicted molar refractivity (Wildman–Crippen MR) is 96.2 cm³/mol. The molecule has 0 fully saturated rings. The first kappa shape index (κ1) is 20.0. The van der Waals surface area contributed by atoms with E-state index in [4.69, 9.17) is 15.2 Å². The van der Waals surface area contributed by atoms with E-state index >= 15 is 0 Å². The third-order valence-corrected chi connectivity index (χ3v) is 4.00. The third kappa shape index (κ3) is 4.08. The van der Waals surface area contributed by atoms with Crippen LogP contribution in [0.3, 0.4) is 0 Å². The molecule has 9 nitrogen and oxygen atoms in total. The number of nitrogens with zero attached hydrogens (tertiary/aromatic N) is 1. The molecule has 0 saturated heterocycles. The highest BCUT2D eigenvalue weighted by atomic mass is 16.6. The van der Waals surface area contributed by atoms with Crippen molar-refractivity contribution in [3.05, 3.63) is 62.6 Å². The van der Waals surface area contributed by atoms with Gasteiger partial charge in [-0.3, -0.25) is 10.1 Å². The molecule has 3 N–H and O–H groups in total. The number of rotatable bonds is 6. The smallest absolute Gasteiger partial charge is 0.338 e. The lowest BCUT2D eigenvalue weighted by Crippen LogP contribution is -2.36. The standard InChI is InChI=1S/C18H21N3O6/c1-4-26-17(22)13-10(3)20-16(19)15(18(23)27-5-2)14(13)11-7-6-8-12(9-11)21(24)25/h6-9,14,20H,4-5,19H2,1-3H3/t14-/m0/s1. The first-order valence-electron chi connectivity index (χ1n) is 8.37. The minimum atomic E-state index is -0.954. The van der Waals surface area contributed by atoms with E-state index in [0.29, 0.717) is 11.3 Å². The summed E-state index contributed by atoms with van der Waals surface area (Å²) in [5, 5.41) is 14.0. The van der Waals surface area contributed by atoms with Gasteiger partial charge in [-0.1, -0.05) is 12.1 Å². The Kier molecular flexibility index (Phi) is 6.17. The monoisotopic (exact) mass is 375 g/mol. The van der Waals surface area contributed by atoms with Crippen LogP contribution in [-0.4, -0.2) is 30.1 Å². The molecule has 144 valence electrons. The SMILES string of the molecule is CCOC(=O)C1=C(C)NC(N)=C(C(=O)OCC)[C@H]1c1cccc([N+](=O)[O-])c1. The molecule has 1 heterocycles. The van der Waals surface area contributed by atoms with Crippen LogP contribution in [0.2, 0.25) is 0 Å². The van der Waals surface area contributed by atoms with Gasteiger partial charge in [0, 0.05) is 17.8 Å². The summed E-state index contributed by atoms with van der Waals surface area (Å²) in [5.41, 5.74) is 6.75. The average molecular weight is 375 g/mol. The molecule has 0 saturated carbocycles. The Balaban J connectivity index is 2.68. The zero-order valence-corrected chi connectivity index (χ0v) is 15.3. The zero-order valence-electron chi connectivity index (χ0n) is 15.3. The number of dihydropyridines is 1. The van der Waals surface area contributed by atoms with Crippen LogP contribution in [0.1, 0.15) is 32.3 Å². The second-order valence-corrected chi connectivity index (χ2v) is 5.72. The number of carbonyl (C=O) groups excluding carboxylic acids is 2. The maximum Gasteiger partial charge on any atom is 0.338 e. The number of allylic oxidation sites excluding steroid dienone is 1. The van der Waals surface area contributed by atoms with Crippen LogP contribution in [0, 0.1) is 10.1 Å². The fraction of sp³-hybridized carbons (Fsp3) is 0.333. The normalized spacial score (nSPS) is 16.6. The van der Waals surface area contributed by atoms with Gasteiger partial charge >= 0.3 is 11.9 Å². The van der Waals surface area contributed by atoms with E-state index in [2.05, 4.69) is 5.32 Å². The summed E-state index contributed by atoms with van der Waals surface area (Å²) in [4.78, 5) is 35.7. The van der Waals surface area contributed by atoms with Crippen LogP contribution in [-0.2, 0) is 19.1 Å². The minimum Gasteiger partial charge on any atom is -0.463 e. The molecule has 0 radical (unpaired) electrons. The van der Waals surface area contributed by atoms with Crippen LogP contribution < -0.4 is 11.1 Å². The first-order chi connectivity index (χ1) is 12.8. The predicted octanol–water partition coefficient (Wildman–Crippen LogP) is 1.85. The molecular formula is C18H21N3O6. The second-order valence-electron chi connectivity index (χ2n) is 5.72. The van der Waals surface area contributed by atoms with Crippen LogP contribution >= 0.6 is 0 Å². The quantitative estimate of drug-likeness (QED) is 0.437. The van der Waals surface area contributed by atoms with Crippen LogP contribution in [0.25, 0.3) is 0 Å². The molecule has 0 aromatic heterocycles. The van der Waals surface area contributed by atoms with Crippen LogP contribution in [0.15, 0.2) is 46.9 Å². The van der Waals surface area contributed by atoms with Crippen LogP contribution in [0.4, 0.5) is 5.69 Å². The second kappa shape index (κ2) is 8.35. The number of non-ortho nitro benzene ring substituents is 1. The van der Waals surface area contributed by atoms with Crippen molar-refractivity contribution in [2.75, 3.05) is 13.2 Å². The first-order valence-corrected chi connectivity index (χ1v) is 8.37. The molecule has 0 spiro atoms. The molecule has 0 amide bonds. The molecule has 9 heteroatoms. The lowest BCUT2D eigenvalue weighted by atomic mass is 9.81. The Morgan fingerprint density at radius 3 is 2.33 bits per heavy atom. The molecule has 2 rings (SSSR count). The topological polar surface area (TPSA) is 134 Å². The van der Waals surface area contributed by atoms with E-state index in [9.17, 15) is 19.7 Å². The van der Waals surface area contributed by atoms with Gasteiger partial charge in [-0.2, -0.15) is 0 Å². The summed E-state index contributed by atoms with van der Waals surface area (Å²) >= 11 is 0. The number of ether oxygens (including phenoxy) is 2. The number of carbonyl (C=O) groups is 2. The Hall–Kier alpha value is -3.36. The number of nitrogens with two attached hydrogens (primary N) is 1. The molecule has 1 aliphatic heterocycles. The van der Waals surface area contributed by atoms with Crippen molar-refractivity contribution in [1.29, 1.82) is 0 Å². The highest BCUT2D eigenvalue weighted by molar-refractivity contribution is 5.99. The number of esters is 2. The fourth-order valence-corrected chi connectivity index (χ4v) is 2.92. The Morgan fingerprint density at radius 1 is 1.19 bits per heavy atom. The van der Waals surface area contributed by atoms with Crippen molar-refractivity contribution in [3.8, 4) is 0 Å². The molecule has 1 aromatic rings. The maximum atomic E-state index is 12.6. The number of nitro benzene ring substituents is 1. The van der Waals surface area contributed by atoms with E-state index in [-0.39, 0.29) is 35.9 Å². The largest absolute Gasteiger partial charge is 0.463 e. The van der Waals surface area contributed by atoms with Crippen molar-refractivity contribution in [3.63, 3.8) is 0 Å². The minimum absolute atomic E-state index is 0.00556. The van der Waals surface area contributed by atoms with Gasteiger partial charge in [0.2, 0.25) is 0 Å². The van der Waals surface area contributed by atoms with E-state index in [1.807, 2.05) is 0 Å². The van der Waals surface area contributed by atoms with E-state index in [1.165, 1.54) is 18.2 Å². The Bertz CT molecular complexity index is 803. The summed E-state index contributed by atoms with van der Waals surface area (Å²) in [6, 6.07) is 5.69. The molecular weight excluding hydrogens is 354 g/mol. The Labute approximate surface area is 156 Å². The summed E-state index contributed by atoms with van der Waals surface area (Å²) in [5.74, 6) is -2.29. The molecule has 1 atom stereocenters. The van der Waals surface area contributed by atoms with E-state index in [0.717, 1.165) is 0 Å². The molecule has 0 bridgehead atoms. The van der Waals surface area contributed by atoms with Crippen molar-refractivity contribution < 1.29 is 24.0 Å². The number of nitro groups is 1. The zero-order chi connectivity index (χ0) is 20.1. The molecule has 0 aliphatic carbocycles. The number of benzene rings is 1. The van der Waals surface area contributed by atoms with Crippen molar-refractivity contribution in [2.24, 2.45) is 5.73 Å². The number of hydrogen-bond donors (Lipinski definition) is 2. The van der Waals surface area contributed by atoms with Crippen molar-refractivity contribution >= 4 is 17.6 Å². The molecule has 1 aliphatic rings. The van der Waals surface area contributed by atoms with Gasteiger partial charge in [0.05, 0.1) is 35.2 Å².